The van der Waals surface area contributed by atoms with E-state index in [-0.39, 0.29) is 13.0 Å². The first-order chi connectivity index (χ1) is 17.4. The van der Waals surface area contributed by atoms with Gasteiger partial charge in [0.2, 0.25) is 5.91 Å². The van der Waals surface area contributed by atoms with Crippen LogP contribution in [0.3, 0.4) is 0 Å². The monoisotopic (exact) mass is 509 g/mol. The number of hydrogen-bond donors (Lipinski definition) is 5. The van der Waals surface area contributed by atoms with Gasteiger partial charge < -0.3 is 26.4 Å². The number of rotatable bonds is 12. The lowest BCUT2D eigenvalue weighted by Crippen LogP contribution is -2.43. The van der Waals surface area contributed by atoms with Crippen molar-refractivity contribution >= 4 is 35.3 Å². The predicted octanol–water partition coefficient (Wildman–Crippen LogP) is 3.84. The minimum absolute atomic E-state index is 0.281. The highest BCUT2D eigenvalue weighted by atomic mass is 35.5. The van der Waals surface area contributed by atoms with Crippen LogP contribution in [0.25, 0.3) is 11.1 Å². The molecule has 0 aliphatic carbocycles. The maximum absolute atomic E-state index is 12.4. The number of carboxylic acids is 1. The Labute approximate surface area is 214 Å². The molecule has 188 valence electrons. The highest BCUT2D eigenvalue weighted by Gasteiger charge is 2.18. The molecule has 3 aromatic rings. The molecule has 2 aromatic carbocycles. The highest BCUT2D eigenvalue weighted by molar-refractivity contribution is 6.30. The van der Waals surface area contributed by atoms with Gasteiger partial charge in [0.1, 0.15) is 5.82 Å². The zero-order valence-corrected chi connectivity index (χ0v) is 20.3. The van der Waals surface area contributed by atoms with E-state index in [0.29, 0.717) is 30.1 Å². The number of carbonyl (C=O) groups excluding carboxylic acids is 2. The van der Waals surface area contributed by atoms with Crippen LogP contribution in [0.5, 0.6) is 0 Å². The average Bonchev–Trinajstić information content (AvgIpc) is 2.88. The average molecular weight is 510 g/mol. The number of hydrogen-bond acceptors (Lipinski definition) is 5. The molecule has 1 aromatic heterocycles. The molecule has 9 nitrogen and oxygen atoms in total. The van der Waals surface area contributed by atoms with Crippen molar-refractivity contribution in [1.29, 1.82) is 0 Å². The molecular formula is C26H28ClN5O4. The van der Waals surface area contributed by atoms with Crippen molar-refractivity contribution < 1.29 is 19.5 Å². The third-order valence-electron chi connectivity index (χ3n) is 5.22. The topological polar surface area (TPSA) is 132 Å². The van der Waals surface area contributed by atoms with Gasteiger partial charge in [-0.1, -0.05) is 54.1 Å². The Bertz CT molecular complexity index is 1140. The Morgan fingerprint density at radius 3 is 2.22 bits per heavy atom. The van der Waals surface area contributed by atoms with Crippen molar-refractivity contribution in [2.45, 2.75) is 18.9 Å². The van der Waals surface area contributed by atoms with Gasteiger partial charge in [-0.05, 0) is 47.4 Å². The summed E-state index contributed by atoms with van der Waals surface area (Å²) in [7, 11) is 0. The lowest BCUT2D eigenvalue weighted by Gasteiger charge is -2.18. The molecule has 0 aliphatic heterocycles. The molecule has 1 heterocycles. The van der Waals surface area contributed by atoms with Gasteiger partial charge in [-0.3, -0.25) is 9.59 Å². The molecule has 0 radical (unpaired) electrons. The van der Waals surface area contributed by atoms with Crippen LogP contribution in [0, 0.1) is 0 Å². The molecule has 0 aliphatic rings. The summed E-state index contributed by atoms with van der Waals surface area (Å²) in [6.07, 6.45) is 2.07. The summed E-state index contributed by atoms with van der Waals surface area (Å²) in [5.74, 6) is -0.781. The Balaban J connectivity index is 1.44. The molecule has 3 rings (SSSR count). The van der Waals surface area contributed by atoms with Crippen LogP contribution >= 0.6 is 11.6 Å². The minimum Gasteiger partial charge on any atom is -0.481 e. The number of urea groups is 1. The summed E-state index contributed by atoms with van der Waals surface area (Å²) in [5.41, 5.74) is 2.55. The second-order valence-electron chi connectivity index (χ2n) is 7.95. The van der Waals surface area contributed by atoms with Crippen LogP contribution < -0.4 is 21.3 Å². The van der Waals surface area contributed by atoms with Gasteiger partial charge in [-0.15, -0.1) is 0 Å². The third-order valence-corrected chi connectivity index (χ3v) is 5.48. The van der Waals surface area contributed by atoms with E-state index in [1.165, 1.54) is 0 Å². The van der Waals surface area contributed by atoms with Crippen molar-refractivity contribution in [3.63, 3.8) is 0 Å². The maximum atomic E-state index is 12.4. The summed E-state index contributed by atoms with van der Waals surface area (Å²) < 4.78 is 0. The van der Waals surface area contributed by atoms with Crippen LogP contribution in [0.1, 0.15) is 24.4 Å². The van der Waals surface area contributed by atoms with E-state index in [0.717, 1.165) is 16.9 Å². The lowest BCUT2D eigenvalue weighted by molar-refractivity contribution is -0.137. The fraction of sp³-hybridized carbons (Fsp3) is 0.231. The molecule has 36 heavy (non-hydrogen) atoms. The first kappa shape index (κ1) is 26.5. The zero-order valence-electron chi connectivity index (χ0n) is 19.5. The van der Waals surface area contributed by atoms with Crippen LogP contribution in [0.15, 0.2) is 72.9 Å². The number of nitrogens with one attached hydrogen (secondary N) is 4. The zero-order chi connectivity index (χ0) is 25.8. The smallest absolute Gasteiger partial charge is 0.315 e. The quantitative estimate of drug-likeness (QED) is 0.236. The summed E-state index contributed by atoms with van der Waals surface area (Å²) in [6, 6.07) is 19.0. The van der Waals surface area contributed by atoms with E-state index in [1.807, 2.05) is 42.5 Å². The van der Waals surface area contributed by atoms with Gasteiger partial charge in [0, 0.05) is 24.3 Å². The maximum Gasteiger partial charge on any atom is 0.315 e. The second-order valence-corrected chi connectivity index (χ2v) is 8.39. The molecule has 1 atom stereocenters. The van der Waals surface area contributed by atoms with Crippen molar-refractivity contribution in [3.8, 4) is 11.1 Å². The first-order valence-electron chi connectivity index (χ1n) is 11.4. The van der Waals surface area contributed by atoms with Crippen LogP contribution in [-0.2, 0) is 9.59 Å². The highest BCUT2D eigenvalue weighted by Crippen LogP contribution is 2.24. The Kier molecular flexibility index (Phi) is 10.1. The third kappa shape index (κ3) is 8.92. The molecule has 0 bridgehead atoms. The number of carboxylic acid groups (broad SMARTS) is 1. The number of pyridine rings is 1. The van der Waals surface area contributed by atoms with Gasteiger partial charge in [0.15, 0.2) is 0 Å². The SMILES string of the molecule is O=C(O)CC(NC(=O)CNC(=O)NCCCNc1ccccn1)c1ccc(-c2ccc(Cl)cc2)cc1. The number of carbonyl (C=O) groups is 3. The fourth-order valence-corrected chi connectivity index (χ4v) is 3.55. The molecule has 5 N–H and O–H groups in total. The largest absolute Gasteiger partial charge is 0.481 e. The number of aromatic nitrogens is 1. The molecule has 0 fully saturated rings. The number of anilines is 1. The van der Waals surface area contributed by atoms with Crippen molar-refractivity contribution in [2.24, 2.45) is 0 Å². The standard InChI is InChI=1S/C26H28ClN5O4/c27-21-11-9-19(10-12-21)18-5-7-20(8-6-18)22(16-25(34)35)32-24(33)17-31-26(36)30-15-3-14-29-23-4-1-2-13-28-23/h1-2,4-13,22H,3,14-17H2,(H,28,29)(H,32,33)(H,34,35)(H2,30,31,36). The molecule has 0 saturated carbocycles. The second kappa shape index (κ2) is 13.7. The van der Waals surface area contributed by atoms with Gasteiger partial charge in [-0.25, -0.2) is 9.78 Å². The number of nitrogens with zero attached hydrogens (tertiary/aromatic N) is 1. The normalized spacial score (nSPS) is 11.2. The van der Waals surface area contributed by atoms with Gasteiger partial charge in [0.25, 0.3) is 0 Å². The Morgan fingerprint density at radius 2 is 1.58 bits per heavy atom. The number of amides is 3. The number of aliphatic carboxylic acids is 1. The lowest BCUT2D eigenvalue weighted by atomic mass is 9.99. The Morgan fingerprint density at radius 1 is 0.889 bits per heavy atom. The van der Waals surface area contributed by atoms with Crippen LogP contribution in [0.4, 0.5) is 10.6 Å². The van der Waals surface area contributed by atoms with Gasteiger partial charge in [-0.2, -0.15) is 0 Å². The van der Waals surface area contributed by atoms with Crippen molar-refractivity contribution in [2.75, 3.05) is 25.0 Å². The Hall–Kier alpha value is -4.11. The molecule has 1 unspecified atom stereocenters. The van der Waals surface area contributed by atoms with E-state index >= 15 is 0 Å². The first-order valence-corrected chi connectivity index (χ1v) is 11.8. The van der Waals surface area contributed by atoms with E-state index < -0.39 is 23.9 Å². The van der Waals surface area contributed by atoms with Gasteiger partial charge >= 0.3 is 12.0 Å². The van der Waals surface area contributed by atoms with Gasteiger partial charge in [0.05, 0.1) is 19.0 Å². The number of halogens is 1. The van der Waals surface area contributed by atoms with E-state index in [4.69, 9.17) is 11.6 Å². The van der Waals surface area contributed by atoms with Crippen LogP contribution in [0.2, 0.25) is 5.02 Å². The summed E-state index contributed by atoms with van der Waals surface area (Å²) >= 11 is 5.94. The molecule has 0 saturated heterocycles. The van der Waals surface area contributed by atoms with Crippen molar-refractivity contribution in [3.05, 3.63) is 83.5 Å². The molecule has 10 heteroatoms. The summed E-state index contributed by atoms with van der Waals surface area (Å²) in [5, 5.41) is 20.9. The van der Waals surface area contributed by atoms with E-state index in [2.05, 4.69) is 26.3 Å². The van der Waals surface area contributed by atoms with Crippen molar-refractivity contribution in [1.82, 2.24) is 20.9 Å². The fourth-order valence-electron chi connectivity index (χ4n) is 3.42. The van der Waals surface area contributed by atoms with Crippen LogP contribution in [-0.4, -0.2) is 47.6 Å². The molecule has 0 spiro atoms. The molecular weight excluding hydrogens is 482 g/mol. The minimum atomic E-state index is -1.05. The summed E-state index contributed by atoms with van der Waals surface area (Å²) in [4.78, 5) is 39.9. The van der Waals surface area contributed by atoms with E-state index in [1.54, 1.807) is 30.5 Å². The predicted molar refractivity (Wildman–Crippen MR) is 139 cm³/mol. The molecule has 3 amide bonds. The summed E-state index contributed by atoms with van der Waals surface area (Å²) in [6.45, 7) is 0.761. The number of benzene rings is 2. The van der Waals surface area contributed by atoms with E-state index in [9.17, 15) is 19.5 Å².